The van der Waals surface area contributed by atoms with E-state index in [4.69, 9.17) is 10.6 Å². The van der Waals surface area contributed by atoms with Crippen molar-refractivity contribution in [2.75, 3.05) is 5.43 Å². The van der Waals surface area contributed by atoms with Gasteiger partial charge < -0.3 is 10.2 Å². The number of ether oxygens (including phenoxy) is 1. The van der Waals surface area contributed by atoms with E-state index in [0.29, 0.717) is 18.5 Å². The van der Waals surface area contributed by atoms with Gasteiger partial charge in [-0.2, -0.15) is 0 Å². The fourth-order valence-corrected chi connectivity index (χ4v) is 1.82. The van der Waals surface area contributed by atoms with E-state index >= 15 is 0 Å². The van der Waals surface area contributed by atoms with Gasteiger partial charge in [-0.1, -0.05) is 32.6 Å². The standard InChI is InChI=1S/C14H25N3O/c1-3-4-5-6-7-12(2)18-11-13-8-9-16-14(10-13)17-15/h8-10,12H,3-7,11,15H2,1-2H3,(H,16,17). The highest BCUT2D eigenvalue weighted by atomic mass is 16.5. The summed E-state index contributed by atoms with van der Waals surface area (Å²) in [7, 11) is 0. The summed E-state index contributed by atoms with van der Waals surface area (Å²) in [6.45, 7) is 4.98. The molecule has 1 aromatic heterocycles. The monoisotopic (exact) mass is 251 g/mol. The number of unbranched alkanes of at least 4 members (excludes halogenated alkanes) is 3. The second-order valence-electron chi connectivity index (χ2n) is 4.66. The van der Waals surface area contributed by atoms with Gasteiger partial charge >= 0.3 is 0 Å². The Bertz CT molecular complexity index is 331. The molecule has 3 N–H and O–H groups in total. The molecule has 0 aromatic carbocycles. The Morgan fingerprint density at radius 3 is 2.94 bits per heavy atom. The van der Waals surface area contributed by atoms with Crippen molar-refractivity contribution in [1.82, 2.24) is 4.98 Å². The van der Waals surface area contributed by atoms with Crippen LogP contribution in [0.1, 0.15) is 51.5 Å². The fraction of sp³-hybridized carbons (Fsp3) is 0.643. The molecule has 0 saturated carbocycles. The van der Waals surface area contributed by atoms with Crippen molar-refractivity contribution in [1.29, 1.82) is 0 Å². The third-order valence-corrected chi connectivity index (χ3v) is 2.97. The summed E-state index contributed by atoms with van der Waals surface area (Å²) in [6, 6.07) is 3.86. The Morgan fingerprint density at radius 1 is 1.39 bits per heavy atom. The molecule has 0 amide bonds. The zero-order valence-corrected chi connectivity index (χ0v) is 11.5. The van der Waals surface area contributed by atoms with Crippen molar-refractivity contribution in [3.05, 3.63) is 23.9 Å². The molecule has 0 aliphatic carbocycles. The Balaban J connectivity index is 2.22. The Kier molecular flexibility index (Phi) is 7.37. The average Bonchev–Trinajstić information content (AvgIpc) is 2.41. The number of pyridine rings is 1. The van der Waals surface area contributed by atoms with Gasteiger partial charge in [0.1, 0.15) is 5.82 Å². The highest BCUT2D eigenvalue weighted by Crippen LogP contribution is 2.12. The third-order valence-electron chi connectivity index (χ3n) is 2.97. The minimum atomic E-state index is 0.310. The van der Waals surface area contributed by atoms with Gasteiger partial charge in [-0.15, -0.1) is 0 Å². The summed E-state index contributed by atoms with van der Waals surface area (Å²) in [6.07, 6.45) is 8.34. The van der Waals surface area contributed by atoms with Gasteiger partial charge in [0.05, 0.1) is 12.7 Å². The molecule has 18 heavy (non-hydrogen) atoms. The molecule has 0 saturated heterocycles. The van der Waals surface area contributed by atoms with Crippen LogP contribution in [0.15, 0.2) is 18.3 Å². The molecule has 1 atom stereocenters. The SMILES string of the molecule is CCCCCCC(C)OCc1ccnc(NN)c1. The van der Waals surface area contributed by atoms with Crippen molar-refractivity contribution >= 4 is 5.82 Å². The van der Waals surface area contributed by atoms with Gasteiger partial charge in [0.2, 0.25) is 0 Å². The molecule has 0 aliphatic heterocycles. The molecule has 1 aromatic rings. The van der Waals surface area contributed by atoms with Crippen LogP contribution in [0.4, 0.5) is 5.82 Å². The van der Waals surface area contributed by atoms with E-state index in [-0.39, 0.29) is 0 Å². The smallest absolute Gasteiger partial charge is 0.140 e. The van der Waals surface area contributed by atoms with E-state index in [1.165, 1.54) is 25.7 Å². The number of hydrogen-bond donors (Lipinski definition) is 2. The summed E-state index contributed by atoms with van der Waals surface area (Å²) in [4.78, 5) is 4.06. The highest BCUT2D eigenvalue weighted by molar-refractivity contribution is 5.35. The summed E-state index contributed by atoms with van der Waals surface area (Å²) in [5.41, 5.74) is 3.63. The summed E-state index contributed by atoms with van der Waals surface area (Å²) in [5, 5.41) is 0. The minimum Gasteiger partial charge on any atom is -0.374 e. The average molecular weight is 251 g/mol. The number of rotatable bonds is 9. The predicted octanol–water partition coefficient (Wildman–Crippen LogP) is 3.24. The molecule has 0 spiro atoms. The molecular weight excluding hydrogens is 226 g/mol. The maximum absolute atomic E-state index is 5.81. The van der Waals surface area contributed by atoms with Crippen molar-refractivity contribution in [3.63, 3.8) is 0 Å². The van der Waals surface area contributed by atoms with E-state index in [2.05, 4.69) is 24.3 Å². The van der Waals surface area contributed by atoms with Gasteiger partial charge in [0, 0.05) is 6.20 Å². The van der Waals surface area contributed by atoms with Crippen LogP contribution in [0.25, 0.3) is 0 Å². The molecule has 0 aliphatic rings. The second kappa shape index (κ2) is 8.89. The van der Waals surface area contributed by atoms with Crippen LogP contribution in [-0.2, 0) is 11.3 Å². The van der Waals surface area contributed by atoms with Crippen LogP contribution >= 0.6 is 0 Å². The maximum atomic E-state index is 5.81. The van der Waals surface area contributed by atoms with Crippen LogP contribution in [0.3, 0.4) is 0 Å². The number of nitrogens with one attached hydrogen (secondary N) is 1. The first-order valence-electron chi connectivity index (χ1n) is 6.79. The van der Waals surface area contributed by atoms with E-state index in [1.54, 1.807) is 6.20 Å². The van der Waals surface area contributed by atoms with Crippen molar-refractivity contribution in [2.45, 2.75) is 58.7 Å². The molecule has 0 bridgehead atoms. The number of anilines is 1. The van der Waals surface area contributed by atoms with Crippen LogP contribution < -0.4 is 11.3 Å². The zero-order chi connectivity index (χ0) is 13.2. The molecule has 0 fully saturated rings. The zero-order valence-electron chi connectivity index (χ0n) is 11.5. The Labute approximate surface area is 110 Å². The molecule has 1 unspecified atom stereocenters. The number of aromatic nitrogens is 1. The number of nitrogens with two attached hydrogens (primary N) is 1. The van der Waals surface area contributed by atoms with E-state index in [1.807, 2.05) is 12.1 Å². The Hall–Kier alpha value is -1.13. The van der Waals surface area contributed by atoms with E-state index in [9.17, 15) is 0 Å². The molecule has 0 radical (unpaired) electrons. The lowest BCUT2D eigenvalue weighted by molar-refractivity contribution is 0.0459. The fourth-order valence-electron chi connectivity index (χ4n) is 1.82. The van der Waals surface area contributed by atoms with Crippen LogP contribution in [-0.4, -0.2) is 11.1 Å². The van der Waals surface area contributed by atoms with Gasteiger partial charge in [-0.05, 0) is 31.0 Å². The Morgan fingerprint density at radius 2 is 2.22 bits per heavy atom. The summed E-state index contributed by atoms with van der Waals surface area (Å²) in [5.74, 6) is 5.99. The predicted molar refractivity (Wildman–Crippen MR) is 75.1 cm³/mol. The number of nitrogen functional groups attached to an aromatic ring is 1. The first kappa shape index (κ1) is 14.9. The summed E-state index contributed by atoms with van der Waals surface area (Å²) >= 11 is 0. The molecule has 1 rings (SSSR count). The van der Waals surface area contributed by atoms with Crippen LogP contribution in [0.5, 0.6) is 0 Å². The minimum absolute atomic E-state index is 0.310. The molecular formula is C14H25N3O. The van der Waals surface area contributed by atoms with Crippen LogP contribution in [0, 0.1) is 0 Å². The van der Waals surface area contributed by atoms with Crippen LogP contribution in [0.2, 0.25) is 0 Å². The lowest BCUT2D eigenvalue weighted by Crippen LogP contribution is -2.10. The number of nitrogens with zero attached hydrogens (tertiary/aromatic N) is 1. The number of hydrogen-bond acceptors (Lipinski definition) is 4. The summed E-state index contributed by atoms with van der Waals surface area (Å²) < 4.78 is 5.81. The largest absolute Gasteiger partial charge is 0.374 e. The second-order valence-corrected chi connectivity index (χ2v) is 4.66. The van der Waals surface area contributed by atoms with E-state index in [0.717, 1.165) is 12.0 Å². The molecule has 1 heterocycles. The highest BCUT2D eigenvalue weighted by Gasteiger charge is 2.03. The first-order chi connectivity index (χ1) is 8.76. The van der Waals surface area contributed by atoms with Crippen molar-refractivity contribution in [3.8, 4) is 0 Å². The number of hydrazine groups is 1. The maximum Gasteiger partial charge on any atom is 0.140 e. The lowest BCUT2D eigenvalue weighted by Gasteiger charge is -2.13. The quantitative estimate of drug-likeness (QED) is 0.402. The first-order valence-corrected chi connectivity index (χ1v) is 6.79. The molecule has 4 heteroatoms. The topological polar surface area (TPSA) is 60.2 Å². The third kappa shape index (κ3) is 5.98. The normalized spacial score (nSPS) is 12.4. The van der Waals surface area contributed by atoms with Gasteiger partial charge in [-0.3, -0.25) is 0 Å². The molecule has 102 valence electrons. The van der Waals surface area contributed by atoms with Crippen molar-refractivity contribution in [2.24, 2.45) is 5.84 Å². The van der Waals surface area contributed by atoms with Gasteiger partial charge in [0.15, 0.2) is 0 Å². The van der Waals surface area contributed by atoms with Crippen molar-refractivity contribution < 1.29 is 4.74 Å². The van der Waals surface area contributed by atoms with E-state index < -0.39 is 0 Å². The molecule has 4 nitrogen and oxygen atoms in total. The van der Waals surface area contributed by atoms with Gasteiger partial charge in [0.25, 0.3) is 0 Å². The van der Waals surface area contributed by atoms with Gasteiger partial charge in [-0.25, -0.2) is 10.8 Å². The lowest BCUT2D eigenvalue weighted by atomic mass is 10.1.